The number of likely N-dealkylation sites (tertiary alicyclic amines) is 1. The highest BCUT2D eigenvalue weighted by atomic mass is 15.2. The molecule has 2 N–H and O–H groups in total. The quantitative estimate of drug-likeness (QED) is 0.753. The normalized spacial score (nSPS) is 15.5. The number of nitrogen functional groups attached to an aromatic ring is 1. The number of imidazole rings is 1. The van der Waals surface area contributed by atoms with E-state index in [4.69, 9.17) is 10.7 Å². The fraction of sp³-hybridized carbons (Fsp3) is 0.333. The van der Waals surface area contributed by atoms with Gasteiger partial charge in [-0.3, -0.25) is 4.98 Å². The number of para-hydroxylation sites is 1. The molecule has 1 fully saturated rings. The summed E-state index contributed by atoms with van der Waals surface area (Å²) in [4.78, 5) is 11.5. The van der Waals surface area contributed by atoms with E-state index in [9.17, 15) is 0 Å². The van der Waals surface area contributed by atoms with Gasteiger partial charge in [0.25, 0.3) is 0 Å². The van der Waals surface area contributed by atoms with E-state index in [1.165, 1.54) is 25.9 Å². The van der Waals surface area contributed by atoms with Gasteiger partial charge in [-0.05, 0) is 50.2 Å². The molecule has 4 rings (SSSR count). The van der Waals surface area contributed by atoms with Crippen LogP contribution in [0, 0.1) is 0 Å². The van der Waals surface area contributed by atoms with Gasteiger partial charge in [-0.2, -0.15) is 0 Å². The summed E-state index contributed by atoms with van der Waals surface area (Å²) in [7, 11) is 0. The van der Waals surface area contributed by atoms with Gasteiger partial charge in [0.15, 0.2) is 0 Å². The average Bonchev–Trinajstić information content (AvgIpc) is 3.22. The van der Waals surface area contributed by atoms with Crippen LogP contribution in [0.15, 0.2) is 42.7 Å². The summed E-state index contributed by atoms with van der Waals surface area (Å²) in [6.45, 7) is 4.40. The molecule has 0 aliphatic carbocycles. The standard InChI is InChI=1S/C18H21N5/c19-15-4-3-5-16-17(15)21-18(14-6-8-20-9-7-14)23(16)13-12-22-10-1-2-11-22/h3-9H,1-2,10-13,19H2. The molecule has 1 aliphatic heterocycles. The number of hydrogen-bond acceptors (Lipinski definition) is 4. The van der Waals surface area contributed by atoms with E-state index in [-0.39, 0.29) is 0 Å². The van der Waals surface area contributed by atoms with Crippen LogP contribution in [0.25, 0.3) is 22.4 Å². The third-order valence-corrected chi connectivity index (χ3v) is 4.59. The molecule has 0 unspecified atom stereocenters. The number of aromatic nitrogens is 3. The van der Waals surface area contributed by atoms with Crippen LogP contribution in [-0.2, 0) is 6.54 Å². The molecule has 1 aliphatic rings. The molecule has 118 valence electrons. The summed E-state index contributed by atoms with van der Waals surface area (Å²) in [5, 5.41) is 0. The fourth-order valence-electron chi connectivity index (χ4n) is 3.36. The average molecular weight is 307 g/mol. The van der Waals surface area contributed by atoms with Gasteiger partial charge in [-0.25, -0.2) is 4.98 Å². The molecule has 2 aromatic heterocycles. The lowest BCUT2D eigenvalue weighted by Gasteiger charge is -2.16. The van der Waals surface area contributed by atoms with Crippen molar-refractivity contribution in [3.05, 3.63) is 42.7 Å². The summed E-state index contributed by atoms with van der Waals surface area (Å²) in [6.07, 6.45) is 6.25. The maximum atomic E-state index is 6.14. The Hall–Kier alpha value is -2.40. The highest BCUT2D eigenvalue weighted by Gasteiger charge is 2.16. The number of pyridine rings is 1. The van der Waals surface area contributed by atoms with Crippen LogP contribution in [0.4, 0.5) is 5.69 Å². The van der Waals surface area contributed by atoms with Crippen molar-refractivity contribution in [3.63, 3.8) is 0 Å². The zero-order valence-electron chi connectivity index (χ0n) is 13.2. The molecule has 0 bridgehead atoms. The third kappa shape index (κ3) is 2.68. The number of fused-ring (bicyclic) bond motifs is 1. The van der Waals surface area contributed by atoms with Crippen LogP contribution in [0.2, 0.25) is 0 Å². The highest BCUT2D eigenvalue weighted by molar-refractivity contribution is 5.90. The topological polar surface area (TPSA) is 60.0 Å². The summed E-state index contributed by atoms with van der Waals surface area (Å²) >= 11 is 0. The molecule has 5 nitrogen and oxygen atoms in total. The minimum atomic E-state index is 0.734. The number of benzene rings is 1. The maximum absolute atomic E-state index is 6.14. The van der Waals surface area contributed by atoms with Crippen molar-refractivity contribution in [2.45, 2.75) is 19.4 Å². The monoisotopic (exact) mass is 307 g/mol. The van der Waals surface area contributed by atoms with E-state index >= 15 is 0 Å². The lowest BCUT2D eigenvalue weighted by Crippen LogP contribution is -2.24. The lowest BCUT2D eigenvalue weighted by molar-refractivity contribution is 0.325. The van der Waals surface area contributed by atoms with Crippen LogP contribution < -0.4 is 5.73 Å². The van der Waals surface area contributed by atoms with Crippen LogP contribution >= 0.6 is 0 Å². The molecule has 23 heavy (non-hydrogen) atoms. The number of nitrogens with zero attached hydrogens (tertiary/aromatic N) is 4. The van der Waals surface area contributed by atoms with Crippen molar-refractivity contribution in [2.24, 2.45) is 0 Å². The summed E-state index contributed by atoms with van der Waals surface area (Å²) in [5.74, 6) is 0.972. The van der Waals surface area contributed by atoms with Crippen molar-refractivity contribution >= 4 is 16.7 Å². The van der Waals surface area contributed by atoms with E-state index in [1.54, 1.807) is 0 Å². The van der Waals surface area contributed by atoms with Gasteiger partial charge in [0, 0.05) is 31.0 Å². The number of hydrogen-bond donors (Lipinski definition) is 1. The van der Waals surface area contributed by atoms with E-state index < -0.39 is 0 Å². The molecule has 0 radical (unpaired) electrons. The minimum Gasteiger partial charge on any atom is -0.397 e. The third-order valence-electron chi connectivity index (χ3n) is 4.59. The first-order chi connectivity index (χ1) is 11.3. The molecule has 5 heteroatoms. The lowest BCUT2D eigenvalue weighted by atomic mass is 10.2. The predicted octanol–water partition coefficient (Wildman–Crippen LogP) is 2.78. The number of anilines is 1. The Labute approximate surface area is 135 Å². The van der Waals surface area contributed by atoms with Crippen molar-refractivity contribution in [2.75, 3.05) is 25.4 Å². The van der Waals surface area contributed by atoms with E-state index in [0.29, 0.717) is 0 Å². The van der Waals surface area contributed by atoms with Crippen LogP contribution in [-0.4, -0.2) is 39.1 Å². The molecule has 1 saturated heterocycles. The minimum absolute atomic E-state index is 0.734. The van der Waals surface area contributed by atoms with Gasteiger partial charge in [-0.1, -0.05) is 6.07 Å². The first-order valence-electron chi connectivity index (χ1n) is 8.20. The summed E-state index contributed by atoms with van der Waals surface area (Å²) < 4.78 is 2.29. The van der Waals surface area contributed by atoms with Crippen molar-refractivity contribution < 1.29 is 0 Å². The Kier molecular flexibility index (Phi) is 3.71. The van der Waals surface area contributed by atoms with Gasteiger partial charge < -0.3 is 15.2 Å². The first kappa shape index (κ1) is 14.2. The zero-order chi connectivity index (χ0) is 15.6. The highest BCUT2D eigenvalue weighted by Crippen LogP contribution is 2.27. The Balaban J connectivity index is 1.77. The van der Waals surface area contributed by atoms with Crippen LogP contribution in [0.1, 0.15) is 12.8 Å². The van der Waals surface area contributed by atoms with Crippen molar-refractivity contribution in [1.29, 1.82) is 0 Å². The number of rotatable bonds is 4. The second kappa shape index (κ2) is 6.01. The van der Waals surface area contributed by atoms with Gasteiger partial charge in [0.2, 0.25) is 0 Å². The van der Waals surface area contributed by atoms with E-state index in [0.717, 1.165) is 41.2 Å². The van der Waals surface area contributed by atoms with Crippen molar-refractivity contribution in [3.8, 4) is 11.4 Å². The second-order valence-corrected chi connectivity index (χ2v) is 6.09. The first-order valence-corrected chi connectivity index (χ1v) is 8.20. The second-order valence-electron chi connectivity index (χ2n) is 6.09. The van der Waals surface area contributed by atoms with E-state index in [2.05, 4.69) is 20.5 Å². The Morgan fingerprint density at radius 1 is 1.00 bits per heavy atom. The number of nitrogens with two attached hydrogens (primary N) is 1. The summed E-state index contributed by atoms with van der Waals surface area (Å²) in [5.41, 5.74) is 9.95. The smallest absolute Gasteiger partial charge is 0.141 e. The molecule has 3 heterocycles. The summed E-state index contributed by atoms with van der Waals surface area (Å²) in [6, 6.07) is 10.0. The molecule has 0 saturated carbocycles. The Morgan fingerprint density at radius 3 is 2.57 bits per heavy atom. The fourth-order valence-corrected chi connectivity index (χ4v) is 3.36. The van der Waals surface area contributed by atoms with E-state index in [1.807, 2.05) is 36.7 Å². The Morgan fingerprint density at radius 2 is 1.78 bits per heavy atom. The SMILES string of the molecule is Nc1cccc2c1nc(-c1ccncc1)n2CCN1CCCC1. The molecule has 0 atom stereocenters. The molecule has 0 amide bonds. The predicted molar refractivity (Wildman–Crippen MR) is 93.1 cm³/mol. The van der Waals surface area contributed by atoms with Crippen molar-refractivity contribution in [1.82, 2.24) is 19.4 Å². The van der Waals surface area contributed by atoms with Gasteiger partial charge >= 0.3 is 0 Å². The molecular weight excluding hydrogens is 286 g/mol. The maximum Gasteiger partial charge on any atom is 0.141 e. The van der Waals surface area contributed by atoms with Crippen LogP contribution in [0.5, 0.6) is 0 Å². The van der Waals surface area contributed by atoms with Gasteiger partial charge in [0.1, 0.15) is 11.3 Å². The zero-order valence-corrected chi connectivity index (χ0v) is 13.2. The Bertz CT molecular complexity index is 803. The molecule has 1 aromatic carbocycles. The molecule has 0 spiro atoms. The van der Waals surface area contributed by atoms with Gasteiger partial charge in [-0.15, -0.1) is 0 Å². The molecular formula is C18H21N5. The van der Waals surface area contributed by atoms with Gasteiger partial charge in [0.05, 0.1) is 11.2 Å². The van der Waals surface area contributed by atoms with Crippen LogP contribution in [0.3, 0.4) is 0 Å². The molecule has 3 aromatic rings. The largest absolute Gasteiger partial charge is 0.397 e.